The summed E-state index contributed by atoms with van der Waals surface area (Å²) in [5.74, 6) is -1.87. The summed E-state index contributed by atoms with van der Waals surface area (Å²) in [6.07, 6.45) is 0. The minimum atomic E-state index is -1.17. The summed E-state index contributed by atoms with van der Waals surface area (Å²) < 4.78 is 0. The Morgan fingerprint density at radius 2 is 1.28 bits per heavy atom. The lowest BCUT2D eigenvalue weighted by atomic mass is 10.1. The van der Waals surface area contributed by atoms with Gasteiger partial charge in [0.25, 0.3) is 5.91 Å². The first kappa shape index (κ1) is 25.8. The summed E-state index contributed by atoms with van der Waals surface area (Å²) in [6, 6.07) is 36.5. The number of aromatic carboxylic acids is 1. The van der Waals surface area contributed by atoms with Crippen molar-refractivity contribution in [1.29, 1.82) is 0 Å². The van der Waals surface area contributed by atoms with Gasteiger partial charge in [0.2, 0.25) is 5.91 Å². The summed E-state index contributed by atoms with van der Waals surface area (Å²) in [7, 11) is 0. The van der Waals surface area contributed by atoms with E-state index in [4.69, 9.17) is 0 Å². The van der Waals surface area contributed by atoms with Gasteiger partial charge in [0.1, 0.15) is 5.25 Å². The van der Waals surface area contributed by atoms with Crippen LogP contribution in [0.5, 0.6) is 0 Å². The van der Waals surface area contributed by atoms with Crippen LogP contribution in [-0.2, 0) is 4.79 Å². The Morgan fingerprint density at radius 3 is 2.05 bits per heavy atom. The van der Waals surface area contributed by atoms with Gasteiger partial charge in [0.05, 0.1) is 11.1 Å². The Bertz CT molecular complexity index is 1670. The molecule has 6 nitrogen and oxygen atoms in total. The van der Waals surface area contributed by atoms with Crippen molar-refractivity contribution in [3.8, 4) is 0 Å². The van der Waals surface area contributed by atoms with Gasteiger partial charge in [-0.05, 0) is 58.8 Å². The number of fused-ring (bicyclic) bond motifs is 1. The number of nitrogens with one attached hydrogen (secondary N) is 2. The quantitative estimate of drug-likeness (QED) is 0.183. The summed E-state index contributed by atoms with van der Waals surface area (Å²) in [6.45, 7) is 0. The fourth-order valence-corrected chi connectivity index (χ4v) is 5.31. The third-order valence-electron chi connectivity index (χ3n) is 6.11. The number of carbonyl (C=O) groups excluding carboxylic acids is 2. The molecule has 0 saturated carbocycles. The van der Waals surface area contributed by atoms with Crippen LogP contribution in [0.2, 0.25) is 0 Å². The number of hydrogen-bond donors (Lipinski definition) is 3. The van der Waals surface area contributed by atoms with E-state index in [2.05, 4.69) is 10.6 Å². The number of amides is 2. The number of hydrogen-bond acceptors (Lipinski definition) is 4. The van der Waals surface area contributed by atoms with Gasteiger partial charge in [-0.2, -0.15) is 0 Å². The standard InChI is InChI=1S/C32H24N2O4S/c35-30(27-15-6-7-16-28(27)32(37)38)33-24-13-8-14-26(20-24)39-29(22-10-2-1-3-11-22)31(36)34-25-18-17-21-9-4-5-12-23(21)19-25/h1-20,29H,(H,33,35)(H,34,36)(H,37,38). The zero-order valence-corrected chi connectivity index (χ0v) is 21.5. The van der Waals surface area contributed by atoms with Gasteiger partial charge < -0.3 is 15.7 Å². The molecule has 0 spiro atoms. The molecule has 5 aromatic rings. The minimum absolute atomic E-state index is 0.0694. The first-order valence-electron chi connectivity index (χ1n) is 12.2. The van der Waals surface area contributed by atoms with Crippen LogP contribution in [0.1, 0.15) is 31.5 Å². The lowest BCUT2D eigenvalue weighted by Crippen LogP contribution is -2.19. The van der Waals surface area contributed by atoms with E-state index in [0.29, 0.717) is 11.4 Å². The Kier molecular flexibility index (Phi) is 7.70. The molecule has 1 atom stereocenters. The molecule has 0 fully saturated rings. The molecular weight excluding hydrogens is 508 g/mol. The molecule has 5 rings (SSSR count). The molecule has 3 N–H and O–H groups in total. The van der Waals surface area contributed by atoms with Crippen LogP contribution in [-0.4, -0.2) is 22.9 Å². The van der Waals surface area contributed by atoms with E-state index in [1.165, 1.54) is 23.9 Å². The Labute approximate surface area is 229 Å². The normalized spacial score (nSPS) is 11.5. The van der Waals surface area contributed by atoms with Gasteiger partial charge in [0, 0.05) is 16.3 Å². The molecule has 39 heavy (non-hydrogen) atoms. The number of carbonyl (C=O) groups is 3. The van der Waals surface area contributed by atoms with Crippen LogP contribution < -0.4 is 10.6 Å². The molecule has 5 aromatic carbocycles. The van der Waals surface area contributed by atoms with Crippen molar-refractivity contribution in [2.24, 2.45) is 0 Å². The smallest absolute Gasteiger partial charge is 0.336 e. The number of benzene rings is 5. The van der Waals surface area contributed by atoms with Crippen LogP contribution in [0.4, 0.5) is 11.4 Å². The highest BCUT2D eigenvalue weighted by atomic mass is 32.2. The van der Waals surface area contributed by atoms with Crippen LogP contribution in [0, 0.1) is 0 Å². The molecule has 0 aliphatic rings. The summed E-state index contributed by atoms with van der Waals surface area (Å²) in [5.41, 5.74) is 2.03. The van der Waals surface area contributed by atoms with Gasteiger partial charge >= 0.3 is 5.97 Å². The average Bonchev–Trinajstić information content (AvgIpc) is 2.96. The topological polar surface area (TPSA) is 95.5 Å². The van der Waals surface area contributed by atoms with Crippen molar-refractivity contribution in [3.05, 3.63) is 138 Å². The molecule has 0 aliphatic heterocycles. The Morgan fingerprint density at radius 1 is 0.615 bits per heavy atom. The van der Waals surface area contributed by atoms with Crippen LogP contribution >= 0.6 is 11.8 Å². The number of thioether (sulfide) groups is 1. The van der Waals surface area contributed by atoms with Crippen molar-refractivity contribution in [2.75, 3.05) is 10.6 Å². The van der Waals surface area contributed by atoms with Crippen LogP contribution in [0.25, 0.3) is 10.8 Å². The second-order valence-corrected chi connectivity index (χ2v) is 9.97. The number of anilines is 2. The van der Waals surface area contributed by atoms with Crippen molar-refractivity contribution < 1.29 is 19.5 Å². The van der Waals surface area contributed by atoms with E-state index in [1.807, 2.05) is 78.9 Å². The molecule has 0 aromatic heterocycles. The van der Waals surface area contributed by atoms with Crippen LogP contribution in [0.15, 0.2) is 126 Å². The summed E-state index contributed by atoms with van der Waals surface area (Å²) >= 11 is 1.36. The lowest BCUT2D eigenvalue weighted by Gasteiger charge is -2.18. The number of rotatable bonds is 8. The molecule has 0 heterocycles. The largest absolute Gasteiger partial charge is 0.478 e. The number of carboxylic acid groups (broad SMARTS) is 1. The van der Waals surface area contributed by atoms with E-state index in [9.17, 15) is 19.5 Å². The highest BCUT2D eigenvalue weighted by Gasteiger charge is 2.23. The zero-order valence-electron chi connectivity index (χ0n) is 20.7. The third-order valence-corrected chi connectivity index (χ3v) is 7.35. The SMILES string of the molecule is O=C(O)c1ccccc1C(=O)Nc1cccc(SC(C(=O)Nc2ccc3ccccc3c2)c2ccccc2)c1. The van der Waals surface area contributed by atoms with Crippen molar-refractivity contribution in [3.63, 3.8) is 0 Å². The van der Waals surface area contributed by atoms with Crippen molar-refractivity contribution in [2.45, 2.75) is 10.1 Å². The Balaban J connectivity index is 1.37. The van der Waals surface area contributed by atoms with Gasteiger partial charge in [0.15, 0.2) is 0 Å². The molecule has 0 radical (unpaired) electrons. The van der Waals surface area contributed by atoms with Gasteiger partial charge in [-0.3, -0.25) is 9.59 Å². The van der Waals surface area contributed by atoms with E-state index in [1.54, 1.807) is 30.3 Å². The van der Waals surface area contributed by atoms with Gasteiger partial charge in [-0.25, -0.2) is 4.79 Å². The van der Waals surface area contributed by atoms with Gasteiger partial charge in [-0.1, -0.05) is 78.9 Å². The molecule has 0 bridgehead atoms. The highest BCUT2D eigenvalue weighted by molar-refractivity contribution is 8.00. The first-order chi connectivity index (χ1) is 19.0. The van der Waals surface area contributed by atoms with E-state index in [0.717, 1.165) is 21.2 Å². The fraction of sp³-hybridized carbons (Fsp3) is 0.0312. The second-order valence-electron chi connectivity index (χ2n) is 8.79. The summed E-state index contributed by atoms with van der Waals surface area (Å²) in [4.78, 5) is 38.7. The minimum Gasteiger partial charge on any atom is -0.478 e. The molecule has 1 unspecified atom stereocenters. The lowest BCUT2D eigenvalue weighted by molar-refractivity contribution is -0.115. The number of carboxylic acids is 1. The molecular formula is C32H24N2O4S. The average molecular weight is 533 g/mol. The van der Waals surface area contributed by atoms with E-state index < -0.39 is 17.1 Å². The molecule has 192 valence electrons. The molecule has 0 aliphatic carbocycles. The fourth-order valence-electron chi connectivity index (χ4n) is 4.22. The summed E-state index contributed by atoms with van der Waals surface area (Å²) in [5, 5.41) is 16.8. The molecule has 0 saturated heterocycles. The van der Waals surface area contributed by atoms with Gasteiger partial charge in [-0.15, -0.1) is 11.8 Å². The highest BCUT2D eigenvalue weighted by Crippen LogP contribution is 2.37. The predicted octanol–water partition coefficient (Wildman–Crippen LogP) is 7.26. The van der Waals surface area contributed by atoms with E-state index >= 15 is 0 Å². The second kappa shape index (κ2) is 11.7. The monoisotopic (exact) mass is 532 g/mol. The third kappa shape index (κ3) is 6.17. The molecule has 2 amide bonds. The van der Waals surface area contributed by atoms with Crippen molar-refractivity contribution >= 4 is 51.7 Å². The zero-order chi connectivity index (χ0) is 27.2. The first-order valence-corrected chi connectivity index (χ1v) is 13.1. The predicted molar refractivity (Wildman–Crippen MR) is 155 cm³/mol. The van der Waals surface area contributed by atoms with Crippen LogP contribution in [0.3, 0.4) is 0 Å². The molecule has 7 heteroatoms. The van der Waals surface area contributed by atoms with Crippen molar-refractivity contribution in [1.82, 2.24) is 0 Å². The maximum absolute atomic E-state index is 13.5. The Hall–Kier alpha value is -4.88. The maximum Gasteiger partial charge on any atom is 0.336 e. The maximum atomic E-state index is 13.5. The van der Waals surface area contributed by atoms with E-state index in [-0.39, 0.29) is 17.0 Å².